The SMILES string of the molecule is O=C(N[C@@H](C(=O)N1CCC[C@H]1c1ncc(-c2ccc(-c3cnc([C@@H]4CCCN4C(=O)[C@H](NC(=O)N4CCOCC4)c4ccccc4)[nH]3)cc2)[nH]1)c1ccccc1)N1CCOCC1. The Labute approximate surface area is 360 Å². The maximum Gasteiger partial charge on any atom is 0.318 e. The lowest BCUT2D eigenvalue weighted by atomic mass is 10.0. The predicted molar refractivity (Wildman–Crippen MR) is 229 cm³/mol. The molecule has 3 aromatic carbocycles. The van der Waals surface area contributed by atoms with Crippen LogP contribution in [0, 0.1) is 0 Å². The third-order valence-electron chi connectivity index (χ3n) is 12.3. The normalized spacial score (nSPS) is 20.2. The van der Waals surface area contributed by atoms with E-state index in [1.165, 1.54) is 0 Å². The lowest BCUT2D eigenvalue weighted by Gasteiger charge is -2.32. The second-order valence-electron chi connectivity index (χ2n) is 16.1. The Balaban J connectivity index is 0.872. The number of carbonyl (C=O) groups is 4. The summed E-state index contributed by atoms with van der Waals surface area (Å²) in [4.78, 5) is 78.7. The number of aromatic nitrogens is 4. The number of H-pyrrole nitrogens is 2. The lowest BCUT2D eigenvalue weighted by molar-refractivity contribution is -0.135. The molecule has 0 unspecified atom stereocenters. The Kier molecular flexibility index (Phi) is 12.3. The number of likely N-dealkylation sites (tertiary alicyclic amines) is 2. The van der Waals surface area contributed by atoms with Gasteiger partial charge < -0.3 is 49.7 Å². The third-order valence-corrected chi connectivity index (χ3v) is 12.3. The van der Waals surface area contributed by atoms with Gasteiger partial charge >= 0.3 is 12.1 Å². The van der Waals surface area contributed by atoms with Gasteiger partial charge in [-0.3, -0.25) is 9.59 Å². The van der Waals surface area contributed by atoms with Gasteiger partial charge in [-0.25, -0.2) is 19.6 Å². The number of nitrogens with one attached hydrogen (secondary N) is 4. The molecule has 0 saturated carbocycles. The number of amides is 6. The highest BCUT2D eigenvalue weighted by atomic mass is 16.5. The molecule has 16 nitrogen and oxygen atoms in total. The summed E-state index contributed by atoms with van der Waals surface area (Å²) < 4.78 is 10.8. The summed E-state index contributed by atoms with van der Waals surface area (Å²) in [6, 6.07) is 24.1. The molecule has 62 heavy (non-hydrogen) atoms. The Morgan fingerprint density at radius 3 is 1.32 bits per heavy atom. The number of hydrogen-bond acceptors (Lipinski definition) is 8. The molecule has 6 heterocycles. The maximum absolute atomic E-state index is 14.3. The monoisotopic (exact) mass is 840 g/mol. The molecule has 4 saturated heterocycles. The third kappa shape index (κ3) is 8.79. The number of hydrogen-bond donors (Lipinski definition) is 4. The minimum absolute atomic E-state index is 0.168. The molecule has 0 aliphatic carbocycles. The first-order valence-electron chi connectivity index (χ1n) is 21.6. The molecule has 16 heteroatoms. The molecule has 5 aromatic rings. The molecular weight excluding hydrogens is 789 g/mol. The second-order valence-corrected chi connectivity index (χ2v) is 16.1. The highest BCUT2D eigenvalue weighted by Crippen LogP contribution is 2.36. The van der Waals surface area contributed by atoms with Crippen molar-refractivity contribution < 1.29 is 28.7 Å². The lowest BCUT2D eigenvalue weighted by Crippen LogP contribution is -2.50. The quantitative estimate of drug-likeness (QED) is 0.145. The molecule has 4 aliphatic rings. The number of nitrogens with zero attached hydrogens (tertiary/aromatic N) is 6. The van der Waals surface area contributed by atoms with E-state index in [9.17, 15) is 19.2 Å². The predicted octanol–water partition coefficient (Wildman–Crippen LogP) is 5.36. The topological polar surface area (TPSA) is 181 Å². The molecule has 0 radical (unpaired) electrons. The molecule has 4 atom stereocenters. The van der Waals surface area contributed by atoms with E-state index < -0.39 is 12.1 Å². The zero-order valence-electron chi connectivity index (χ0n) is 34.6. The van der Waals surface area contributed by atoms with E-state index in [0.717, 1.165) is 59.3 Å². The van der Waals surface area contributed by atoms with E-state index in [4.69, 9.17) is 19.4 Å². The Hall–Kier alpha value is -6.52. The highest BCUT2D eigenvalue weighted by molar-refractivity contribution is 5.89. The molecule has 322 valence electrons. The largest absolute Gasteiger partial charge is 0.378 e. The average Bonchev–Trinajstić information content (AvgIpc) is 4.18. The summed E-state index contributed by atoms with van der Waals surface area (Å²) in [5, 5.41) is 6.04. The number of morpholine rings is 2. The summed E-state index contributed by atoms with van der Waals surface area (Å²) in [5.41, 5.74) is 4.97. The molecule has 0 spiro atoms. The minimum Gasteiger partial charge on any atom is -0.378 e. The maximum atomic E-state index is 14.3. The second kappa shape index (κ2) is 18.6. The number of aromatic amines is 2. The number of carbonyl (C=O) groups excluding carboxylic acids is 4. The first kappa shape index (κ1) is 40.9. The Morgan fingerprint density at radius 2 is 0.935 bits per heavy atom. The fourth-order valence-corrected chi connectivity index (χ4v) is 8.92. The number of imidazole rings is 2. The van der Waals surface area contributed by atoms with Crippen LogP contribution < -0.4 is 10.6 Å². The van der Waals surface area contributed by atoms with E-state index in [1.807, 2.05) is 94.7 Å². The van der Waals surface area contributed by atoms with Crippen LogP contribution in [0.1, 0.15) is 72.6 Å². The van der Waals surface area contributed by atoms with Gasteiger partial charge in [0.2, 0.25) is 11.8 Å². The van der Waals surface area contributed by atoms with Crippen LogP contribution in [0.5, 0.6) is 0 Å². The van der Waals surface area contributed by atoms with E-state index in [2.05, 4.69) is 20.6 Å². The summed E-state index contributed by atoms with van der Waals surface area (Å²) in [5.74, 6) is 1.06. The molecule has 0 bridgehead atoms. The van der Waals surface area contributed by atoms with Crippen LogP contribution in [0.3, 0.4) is 0 Å². The molecule has 6 amide bonds. The standard InChI is InChI=1S/C46H52N10O6/c57-43(39(33-9-3-1-4-10-33)51-45(59)53-21-25-61-26-22-53)55-19-7-13-37(55)41-47-29-35(49-41)31-15-17-32(18-16-31)36-30-48-42(50-36)38-14-8-20-56(38)44(58)40(34-11-5-2-6-12-34)52-46(60)54-23-27-62-28-24-54/h1-6,9-12,15-18,29-30,37-40H,7-8,13-14,19-28H2,(H,47,49)(H,48,50)(H,51,59)(H,52,60)/t37-,38-,39+,40+/m0/s1. The zero-order chi connectivity index (χ0) is 42.4. The average molecular weight is 841 g/mol. The van der Waals surface area contributed by atoms with Gasteiger partial charge in [-0.15, -0.1) is 0 Å². The van der Waals surface area contributed by atoms with E-state index in [0.29, 0.717) is 77.3 Å². The van der Waals surface area contributed by atoms with Crippen LogP contribution in [0.25, 0.3) is 22.5 Å². The first-order chi connectivity index (χ1) is 30.4. The van der Waals surface area contributed by atoms with Crippen molar-refractivity contribution in [3.8, 4) is 22.5 Å². The molecule has 9 rings (SSSR count). The van der Waals surface area contributed by atoms with Gasteiger partial charge in [-0.2, -0.15) is 0 Å². The fourth-order valence-electron chi connectivity index (χ4n) is 8.92. The smallest absolute Gasteiger partial charge is 0.318 e. The van der Waals surface area contributed by atoms with Crippen molar-refractivity contribution in [1.82, 2.24) is 50.2 Å². The van der Waals surface area contributed by atoms with Crippen molar-refractivity contribution in [3.05, 3.63) is 120 Å². The van der Waals surface area contributed by atoms with Crippen molar-refractivity contribution >= 4 is 23.9 Å². The number of rotatable bonds is 10. The van der Waals surface area contributed by atoms with Gasteiger partial charge in [-0.05, 0) is 47.9 Å². The summed E-state index contributed by atoms with van der Waals surface area (Å²) >= 11 is 0. The van der Waals surface area contributed by atoms with Crippen molar-refractivity contribution in [2.24, 2.45) is 0 Å². The Morgan fingerprint density at radius 1 is 0.548 bits per heavy atom. The molecule has 4 aliphatic heterocycles. The molecule has 4 N–H and O–H groups in total. The molecule has 2 aromatic heterocycles. The van der Waals surface area contributed by atoms with Crippen LogP contribution in [0.2, 0.25) is 0 Å². The van der Waals surface area contributed by atoms with Crippen LogP contribution in [-0.2, 0) is 19.1 Å². The Bertz CT molecular complexity index is 2160. The van der Waals surface area contributed by atoms with Crippen molar-refractivity contribution in [2.75, 3.05) is 65.7 Å². The molecular formula is C46H52N10O6. The van der Waals surface area contributed by atoms with Gasteiger partial charge in [0.25, 0.3) is 0 Å². The summed E-state index contributed by atoms with van der Waals surface area (Å²) in [6.45, 7) is 4.90. The van der Waals surface area contributed by atoms with Crippen LogP contribution >= 0.6 is 0 Å². The zero-order valence-corrected chi connectivity index (χ0v) is 34.6. The number of ether oxygens (including phenoxy) is 2. The van der Waals surface area contributed by atoms with Crippen molar-refractivity contribution in [1.29, 1.82) is 0 Å². The highest BCUT2D eigenvalue weighted by Gasteiger charge is 2.39. The number of benzene rings is 3. The van der Waals surface area contributed by atoms with E-state index >= 15 is 0 Å². The van der Waals surface area contributed by atoms with Gasteiger partial charge in [0, 0.05) is 39.3 Å². The first-order valence-corrected chi connectivity index (χ1v) is 21.6. The van der Waals surface area contributed by atoms with Gasteiger partial charge in [0.05, 0.1) is 62.3 Å². The van der Waals surface area contributed by atoms with Gasteiger partial charge in [-0.1, -0.05) is 84.9 Å². The summed E-state index contributed by atoms with van der Waals surface area (Å²) in [6.07, 6.45) is 6.73. The van der Waals surface area contributed by atoms with Gasteiger partial charge in [0.15, 0.2) is 0 Å². The molecule has 4 fully saturated rings. The van der Waals surface area contributed by atoms with Crippen molar-refractivity contribution in [2.45, 2.75) is 49.9 Å². The van der Waals surface area contributed by atoms with Crippen LogP contribution in [0.4, 0.5) is 9.59 Å². The van der Waals surface area contributed by atoms with Gasteiger partial charge in [0.1, 0.15) is 23.7 Å². The van der Waals surface area contributed by atoms with Crippen LogP contribution in [0.15, 0.2) is 97.3 Å². The van der Waals surface area contributed by atoms with E-state index in [-0.39, 0.29) is 36.0 Å². The van der Waals surface area contributed by atoms with E-state index in [1.54, 1.807) is 22.2 Å². The fraction of sp³-hybridized carbons (Fsp3) is 0.391. The van der Waals surface area contributed by atoms with Crippen LogP contribution in [-0.4, -0.2) is 129 Å². The number of urea groups is 2. The summed E-state index contributed by atoms with van der Waals surface area (Å²) in [7, 11) is 0. The van der Waals surface area contributed by atoms with Crippen molar-refractivity contribution in [3.63, 3.8) is 0 Å². The minimum atomic E-state index is -0.839.